The lowest BCUT2D eigenvalue weighted by atomic mass is 9.93. The van der Waals surface area contributed by atoms with Crippen molar-refractivity contribution in [1.82, 2.24) is 15.5 Å². The minimum Gasteiger partial charge on any atom is -0.386 e. The number of thiophene rings is 1. The molecule has 1 aromatic rings. The van der Waals surface area contributed by atoms with Gasteiger partial charge in [0.15, 0.2) is 5.96 Å². The molecule has 0 saturated carbocycles. The Morgan fingerprint density at radius 3 is 2.68 bits per heavy atom. The lowest BCUT2D eigenvalue weighted by molar-refractivity contribution is -0.121. The molecule has 0 radical (unpaired) electrons. The van der Waals surface area contributed by atoms with Gasteiger partial charge >= 0.3 is 0 Å². The van der Waals surface area contributed by atoms with Gasteiger partial charge in [-0.15, -0.1) is 35.3 Å². The summed E-state index contributed by atoms with van der Waals surface area (Å²) in [6, 6.07) is 3.63. The van der Waals surface area contributed by atoms with Gasteiger partial charge in [-0.1, -0.05) is 11.6 Å². The molecular formula is C16H26ClIN4O2S. The highest BCUT2D eigenvalue weighted by Gasteiger charge is 2.23. The van der Waals surface area contributed by atoms with Crippen LogP contribution >= 0.6 is 46.9 Å². The summed E-state index contributed by atoms with van der Waals surface area (Å²) in [4.78, 5) is 18.8. The van der Waals surface area contributed by atoms with E-state index < -0.39 is 6.10 Å². The van der Waals surface area contributed by atoms with Crippen LogP contribution < -0.4 is 10.6 Å². The quantitative estimate of drug-likeness (QED) is 0.330. The minimum atomic E-state index is -0.606. The smallest absolute Gasteiger partial charge is 0.220 e. The number of aliphatic imine (C=N–C) groups is 1. The van der Waals surface area contributed by atoms with Crippen molar-refractivity contribution in [3.05, 3.63) is 21.3 Å². The van der Waals surface area contributed by atoms with E-state index in [1.54, 1.807) is 20.2 Å². The molecule has 1 aliphatic heterocycles. The van der Waals surface area contributed by atoms with Gasteiger partial charge in [-0.2, -0.15) is 0 Å². The van der Waals surface area contributed by atoms with Crippen molar-refractivity contribution >= 4 is 58.8 Å². The van der Waals surface area contributed by atoms with Crippen molar-refractivity contribution in [2.45, 2.75) is 25.4 Å². The van der Waals surface area contributed by atoms with Crippen LogP contribution in [0.3, 0.4) is 0 Å². The second-order valence-corrected chi connectivity index (χ2v) is 7.64. The number of guanidine groups is 1. The molecule has 1 amide bonds. The molecule has 1 fully saturated rings. The molecule has 25 heavy (non-hydrogen) atoms. The van der Waals surface area contributed by atoms with Crippen molar-refractivity contribution in [3.8, 4) is 0 Å². The standard InChI is InChI=1S/C16H25ClN4O2S.HI/c1-18-15(23)9-11-5-7-21(8-6-11)16(19-2)20-10-12(22)13-3-4-14(17)24-13;/h3-4,11-12,22H,5-10H2,1-2H3,(H,18,23)(H,19,20);1H. The number of hydrogen-bond acceptors (Lipinski definition) is 4. The first-order valence-electron chi connectivity index (χ1n) is 8.13. The highest BCUT2D eigenvalue weighted by Crippen LogP contribution is 2.26. The Hall–Kier alpha value is -0.580. The molecule has 1 aromatic heterocycles. The predicted octanol–water partition coefficient (Wildman–Crippen LogP) is 2.48. The number of nitrogens with zero attached hydrogens (tertiary/aromatic N) is 2. The highest BCUT2D eigenvalue weighted by atomic mass is 127. The van der Waals surface area contributed by atoms with Crippen molar-refractivity contribution in [1.29, 1.82) is 0 Å². The number of halogens is 2. The van der Waals surface area contributed by atoms with Gasteiger partial charge in [0.25, 0.3) is 0 Å². The Labute approximate surface area is 175 Å². The van der Waals surface area contributed by atoms with E-state index in [1.807, 2.05) is 6.07 Å². The summed E-state index contributed by atoms with van der Waals surface area (Å²) in [5.41, 5.74) is 0. The van der Waals surface area contributed by atoms with Gasteiger partial charge in [-0.25, -0.2) is 0 Å². The minimum absolute atomic E-state index is 0. The van der Waals surface area contributed by atoms with Gasteiger partial charge in [0.1, 0.15) is 6.10 Å². The van der Waals surface area contributed by atoms with Crippen molar-refractivity contribution in [3.63, 3.8) is 0 Å². The molecule has 2 heterocycles. The van der Waals surface area contributed by atoms with Crippen LogP contribution in [0.4, 0.5) is 0 Å². The number of amides is 1. The van der Waals surface area contributed by atoms with Crippen LogP contribution in [0.25, 0.3) is 0 Å². The molecule has 6 nitrogen and oxygen atoms in total. The molecular weight excluding hydrogens is 475 g/mol. The number of likely N-dealkylation sites (tertiary alicyclic amines) is 1. The Kier molecular flexibility index (Phi) is 10.1. The monoisotopic (exact) mass is 500 g/mol. The topological polar surface area (TPSA) is 77.0 Å². The molecule has 9 heteroatoms. The normalized spacial score (nSPS) is 17.0. The van der Waals surface area contributed by atoms with Crippen molar-refractivity contribution < 1.29 is 9.90 Å². The van der Waals surface area contributed by atoms with E-state index in [2.05, 4.69) is 20.5 Å². The first kappa shape index (κ1) is 22.5. The Bertz CT molecular complexity index is 576. The third kappa shape index (κ3) is 6.92. The van der Waals surface area contributed by atoms with E-state index in [9.17, 15) is 9.90 Å². The summed E-state index contributed by atoms with van der Waals surface area (Å²) in [5, 5.41) is 16.1. The highest BCUT2D eigenvalue weighted by molar-refractivity contribution is 14.0. The maximum absolute atomic E-state index is 11.5. The van der Waals surface area contributed by atoms with E-state index in [0.29, 0.717) is 23.2 Å². The SMILES string of the molecule is CN=C(NCC(O)c1ccc(Cl)s1)N1CCC(CC(=O)NC)CC1.I. The molecule has 0 aliphatic carbocycles. The van der Waals surface area contributed by atoms with Gasteiger partial charge in [0.05, 0.1) is 4.34 Å². The molecule has 1 aliphatic rings. The summed E-state index contributed by atoms with van der Waals surface area (Å²) in [5.74, 6) is 1.32. The Balaban J connectivity index is 0.00000312. The van der Waals surface area contributed by atoms with Crippen LogP contribution in [0.5, 0.6) is 0 Å². The number of carbonyl (C=O) groups excluding carboxylic acids is 1. The van der Waals surface area contributed by atoms with Crippen molar-refractivity contribution in [2.24, 2.45) is 10.9 Å². The van der Waals surface area contributed by atoms with E-state index in [0.717, 1.165) is 36.8 Å². The zero-order chi connectivity index (χ0) is 17.5. The molecule has 3 N–H and O–H groups in total. The van der Waals surface area contributed by atoms with Gasteiger partial charge in [0.2, 0.25) is 5.91 Å². The Morgan fingerprint density at radius 2 is 2.16 bits per heavy atom. The largest absolute Gasteiger partial charge is 0.386 e. The summed E-state index contributed by atoms with van der Waals surface area (Å²) >= 11 is 7.29. The number of nitrogens with one attached hydrogen (secondary N) is 2. The molecule has 1 unspecified atom stereocenters. The second kappa shape index (κ2) is 11.2. The number of aliphatic hydroxyl groups excluding tert-OH is 1. The van der Waals surface area contributed by atoms with Crippen molar-refractivity contribution in [2.75, 3.05) is 33.7 Å². The average molecular weight is 501 g/mol. The van der Waals surface area contributed by atoms with Crippen LogP contribution in [-0.4, -0.2) is 55.6 Å². The molecule has 1 atom stereocenters. The lowest BCUT2D eigenvalue weighted by Crippen LogP contribution is -2.46. The fourth-order valence-corrected chi connectivity index (χ4v) is 3.89. The first-order valence-corrected chi connectivity index (χ1v) is 9.32. The lowest BCUT2D eigenvalue weighted by Gasteiger charge is -2.34. The van der Waals surface area contributed by atoms with Crippen LogP contribution in [0.15, 0.2) is 17.1 Å². The summed E-state index contributed by atoms with van der Waals surface area (Å²) in [6.07, 6.45) is 1.92. The van der Waals surface area contributed by atoms with Crippen LogP contribution in [-0.2, 0) is 4.79 Å². The third-order valence-corrected chi connectivity index (χ3v) is 5.59. The number of piperidine rings is 1. The zero-order valence-electron chi connectivity index (χ0n) is 14.5. The van der Waals surface area contributed by atoms with Crippen LogP contribution in [0.1, 0.15) is 30.2 Å². The molecule has 0 aromatic carbocycles. The molecule has 1 saturated heterocycles. The number of rotatable bonds is 5. The fourth-order valence-electron chi connectivity index (χ4n) is 2.84. The van der Waals surface area contributed by atoms with E-state index in [-0.39, 0.29) is 29.9 Å². The average Bonchev–Trinajstić information content (AvgIpc) is 3.03. The number of hydrogen-bond donors (Lipinski definition) is 3. The van der Waals surface area contributed by atoms with E-state index in [1.165, 1.54) is 11.3 Å². The predicted molar refractivity (Wildman–Crippen MR) is 114 cm³/mol. The number of aliphatic hydroxyl groups is 1. The summed E-state index contributed by atoms with van der Waals surface area (Å²) < 4.78 is 0.673. The third-order valence-electron chi connectivity index (χ3n) is 4.25. The summed E-state index contributed by atoms with van der Waals surface area (Å²) in [6.45, 7) is 2.12. The van der Waals surface area contributed by atoms with Gasteiger partial charge < -0.3 is 20.6 Å². The van der Waals surface area contributed by atoms with E-state index >= 15 is 0 Å². The zero-order valence-corrected chi connectivity index (χ0v) is 18.4. The second-order valence-electron chi connectivity index (χ2n) is 5.89. The molecule has 142 valence electrons. The first-order chi connectivity index (χ1) is 11.5. The van der Waals surface area contributed by atoms with Crippen LogP contribution in [0, 0.1) is 5.92 Å². The maximum Gasteiger partial charge on any atom is 0.220 e. The van der Waals surface area contributed by atoms with Gasteiger partial charge in [-0.05, 0) is 30.9 Å². The van der Waals surface area contributed by atoms with Crippen LogP contribution in [0.2, 0.25) is 4.34 Å². The molecule has 0 spiro atoms. The van der Waals surface area contributed by atoms with Gasteiger partial charge in [0, 0.05) is 45.0 Å². The Morgan fingerprint density at radius 1 is 1.48 bits per heavy atom. The molecule has 2 rings (SSSR count). The fraction of sp³-hybridized carbons (Fsp3) is 0.625. The number of carbonyl (C=O) groups is 1. The maximum atomic E-state index is 11.5. The van der Waals surface area contributed by atoms with E-state index in [4.69, 9.17) is 11.6 Å². The molecule has 0 bridgehead atoms. The summed E-state index contributed by atoms with van der Waals surface area (Å²) in [7, 11) is 3.42. The van der Waals surface area contributed by atoms with Gasteiger partial charge in [-0.3, -0.25) is 9.79 Å².